The van der Waals surface area contributed by atoms with Gasteiger partial charge in [-0.05, 0) is 13.3 Å². The summed E-state index contributed by atoms with van der Waals surface area (Å²) < 4.78 is 0. The van der Waals surface area contributed by atoms with Crippen LogP contribution in [0.2, 0.25) is 0 Å². The lowest BCUT2D eigenvalue weighted by molar-refractivity contribution is -0.129. The van der Waals surface area contributed by atoms with Gasteiger partial charge < -0.3 is 11.1 Å². The van der Waals surface area contributed by atoms with Crippen molar-refractivity contribution in [3.8, 4) is 0 Å². The Morgan fingerprint density at radius 2 is 2.33 bits per heavy atom. The van der Waals surface area contributed by atoms with E-state index >= 15 is 0 Å². The van der Waals surface area contributed by atoms with E-state index in [1.807, 2.05) is 13.8 Å². The molecule has 0 aliphatic heterocycles. The number of amides is 1. The van der Waals surface area contributed by atoms with E-state index in [0.717, 1.165) is 6.42 Å². The van der Waals surface area contributed by atoms with Gasteiger partial charge >= 0.3 is 0 Å². The van der Waals surface area contributed by atoms with E-state index in [-0.39, 0.29) is 5.91 Å². The zero-order chi connectivity index (χ0) is 9.61. The second-order valence-electron chi connectivity index (χ2n) is 3.12. The molecule has 3 N–H and O–H groups in total. The molecule has 0 aliphatic rings. The molecular weight excluding hydrogens is 152 g/mol. The SMILES string of the molecule is C=CCNC(=O)C(C)(CC)CN. The molecule has 0 heterocycles. The molecule has 70 valence electrons. The number of rotatable bonds is 5. The summed E-state index contributed by atoms with van der Waals surface area (Å²) in [6.45, 7) is 8.24. The molecule has 0 spiro atoms. The second-order valence-corrected chi connectivity index (χ2v) is 3.12. The molecule has 0 bridgehead atoms. The van der Waals surface area contributed by atoms with Gasteiger partial charge in [-0.1, -0.05) is 13.0 Å². The van der Waals surface area contributed by atoms with Gasteiger partial charge in [0, 0.05) is 13.1 Å². The highest BCUT2D eigenvalue weighted by atomic mass is 16.2. The number of nitrogens with one attached hydrogen (secondary N) is 1. The summed E-state index contributed by atoms with van der Waals surface area (Å²) in [5, 5.41) is 2.74. The third-order valence-corrected chi connectivity index (χ3v) is 2.19. The quantitative estimate of drug-likeness (QED) is 0.596. The Labute approximate surface area is 74.0 Å². The van der Waals surface area contributed by atoms with Crippen molar-refractivity contribution in [2.24, 2.45) is 11.1 Å². The van der Waals surface area contributed by atoms with Crippen LogP contribution in [0.15, 0.2) is 12.7 Å². The third-order valence-electron chi connectivity index (χ3n) is 2.19. The first-order valence-electron chi connectivity index (χ1n) is 4.20. The van der Waals surface area contributed by atoms with Gasteiger partial charge in [-0.2, -0.15) is 0 Å². The van der Waals surface area contributed by atoms with E-state index in [1.54, 1.807) is 6.08 Å². The highest BCUT2D eigenvalue weighted by Crippen LogP contribution is 2.18. The molecule has 0 aromatic heterocycles. The summed E-state index contributed by atoms with van der Waals surface area (Å²) in [6.07, 6.45) is 2.41. The number of carbonyl (C=O) groups is 1. The fourth-order valence-corrected chi connectivity index (χ4v) is 0.776. The van der Waals surface area contributed by atoms with Gasteiger partial charge in [-0.3, -0.25) is 4.79 Å². The van der Waals surface area contributed by atoms with Crippen LogP contribution < -0.4 is 11.1 Å². The summed E-state index contributed by atoms with van der Waals surface area (Å²) >= 11 is 0. The number of hydrogen-bond acceptors (Lipinski definition) is 2. The van der Waals surface area contributed by atoms with Crippen LogP contribution in [0.1, 0.15) is 20.3 Å². The van der Waals surface area contributed by atoms with Crippen molar-refractivity contribution in [1.29, 1.82) is 0 Å². The lowest BCUT2D eigenvalue weighted by atomic mass is 9.87. The fourth-order valence-electron chi connectivity index (χ4n) is 0.776. The lowest BCUT2D eigenvalue weighted by Gasteiger charge is -2.24. The van der Waals surface area contributed by atoms with E-state index in [1.165, 1.54) is 0 Å². The first-order chi connectivity index (χ1) is 5.60. The Hall–Kier alpha value is -0.830. The Kier molecular flexibility index (Phi) is 4.59. The molecular formula is C9H18N2O. The Morgan fingerprint density at radius 3 is 2.67 bits per heavy atom. The average molecular weight is 170 g/mol. The molecule has 0 radical (unpaired) electrons. The van der Waals surface area contributed by atoms with Crippen molar-refractivity contribution < 1.29 is 4.79 Å². The van der Waals surface area contributed by atoms with Gasteiger partial charge in [0.15, 0.2) is 0 Å². The van der Waals surface area contributed by atoms with Crippen molar-refractivity contribution >= 4 is 5.91 Å². The smallest absolute Gasteiger partial charge is 0.227 e. The van der Waals surface area contributed by atoms with Crippen LogP contribution in [0.4, 0.5) is 0 Å². The summed E-state index contributed by atoms with van der Waals surface area (Å²) in [7, 11) is 0. The van der Waals surface area contributed by atoms with Crippen molar-refractivity contribution in [2.75, 3.05) is 13.1 Å². The highest BCUT2D eigenvalue weighted by Gasteiger charge is 2.28. The zero-order valence-corrected chi connectivity index (χ0v) is 7.89. The third kappa shape index (κ3) is 2.66. The van der Waals surface area contributed by atoms with Gasteiger partial charge in [0.05, 0.1) is 5.41 Å². The maximum Gasteiger partial charge on any atom is 0.227 e. The first kappa shape index (κ1) is 11.2. The Bertz CT molecular complexity index is 162. The molecule has 1 amide bonds. The minimum Gasteiger partial charge on any atom is -0.352 e. The van der Waals surface area contributed by atoms with Crippen molar-refractivity contribution in [2.45, 2.75) is 20.3 Å². The minimum absolute atomic E-state index is 0.00685. The van der Waals surface area contributed by atoms with Gasteiger partial charge in [-0.25, -0.2) is 0 Å². The van der Waals surface area contributed by atoms with E-state index in [4.69, 9.17) is 5.73 Å². The minimum atomic E-state index is -0.428. The summed E-state index contributed by atoms with van der Waals surface area (Å²) in [5.41, 5.74) is 5.08. The maximum atomic E-state index is 11.4. The topological polar surface area (TPSA) is 55.1 Å². The van der Waals surface area contributed by atoms with E-state index in [9.17, 15) is 4.79 Å². The first-order valence-corrected chi connectivity index (χ1v) is 4.20. The monoisotopic (exact) mass is 170 g/mol. The summed E-state index contributed by atoms with van der Waals surface area (Å²) in [5.74, 6) is 0.00685. The Balaban J connectivity index is 4.11. The normalized spacial score (nSPS) is 14.9. The molecule has 12 heavy (non-hydrogen) atoms. The summed E-state index contributed by atoms with van der Waals surface area (Å²) in [6, 6.07) is 0. The van der Waals surface area contributed by atoms with Crippen molar-refractivity contribution in [3.05, 3.63) is 12.7 Å². The largest absolute Gasteiger partial charge is 0.352 e. The van der Waals surface area contributed by atoms with Crippen LogP contribution in [0.25, 0.3) is 0 Å². The predicted octanol–water partition coefficient (Wildman–Crippen LogP) is 0.664. The lowest BCUT2D eigenvalue weighted by Crippen LogP contribution is -2.43. The number of nitrogens with two attached hydrogens (primary N) is 1. The van der Waals surface area contributed by atoms with Gasteiger partial charge in [0.1, 0.15) is 0 Å². The molecule has 0 rings (SSSR count). The molecule has 0 aromatic rings. The second kappa shape index (κ2) is 4.93. The average Bonchev–Trinajstić information content (AvgIpc) is 2.12. The van der Waals surface area contributed by atoms with E-state index in [0.29, 0.717) is 13.1 Å². The number of hydrogen-bond donors (Lipinski definition) is 2. The van der Waals surface area contributed by atoms with Gasteiger partial charge in [0.25, 0.3) is 0 Å². The fraction of sp³-hybridized carbons (Fsp3) is 0.667. The molecule has 0 saturated heterocycles. The zero-order valence-electron chi connectivity index (χ0n) is 7.89. The molecule has 1 atom stereocenters. The van der Waals surface area contributed by atoms with Crippen LogP contribution in [-0.2, 0) is 4.79 Å². The van der Waals surface area contributed by atoms with Crippen LogP contribution >= 0.6 is 0 Å². The van der Waals surface area contributed by atoms with Crippen LogP contribution in [-0.4, -0.2) is 19.0 Å². The number of carbonyl (C=O) groups excluding carboxylic acids is 1. The van der Waals surface area contributed by atoms with E-state index in [2.05, 4.69) is 11.9 Å². The van der Waals surface area contributed by atoms with E-state index < -0.39 is 5.41 Å². The maximum absolute atomic E-state index is 11.4. The molecule has 3 nitrogen and oxygen atoms in total. The molecule has 0 saturated carbocycles. The van der Waals surface area contributed by atoms with Crippen LogP contribution in [0, 0.1) is 5.41 Å². The van der Waals surface area contributed by atoms with Gasteiger partial charge in [0.2, 0.25) is 5.91 Å². The highest BCUT2D eigenvalue weighted by molar-refractivity contribution is 5.82. The molecule has 1 unspecified atom stereocenters. The van der Waals surface area contributed by atoms with Gasteiger partial charge in [-0.15, -0.1) is 6.58 Å². The Morgan fingerprint density at radius 1 is 1.75 bits per heavy atom. The van der Waals surface area contributed by atoms with Crippen molar-refractivity contribution in [3.63, 3.8) is 0 Å². The summed E-state index contributed by atoms with van der Waals surface area (Å²) in [4.78, 5) is 11.4. The predicted molar refractivity (Wildman–Crippen MR) is 50.7 cm³/mol. The molecule has 0 aromatic carbocycles. The molecule has 3 heteroatoms. The van der Waals surface area contributed by atoms with Crippen molar-refractivity contribution in [1.82, 2.24) is 5.32 Å². The molecule has 0 fully saturated rings. The standard InChI is InChI=1S/C9H18N2O/c1-4-6-11-8(12)9(3,5-2)7-10/h4H,1,5-7,10H2,2-3H3,(H,11,12). The molecule has 0 aliphatic carbocycles. The van der Waals surface area contributed by atoms with Crippen LogP contribution in [0.3, 0.4) is 0 Å². The van der Waals surface area contributed by atoms with Crippen LogP contribution in [0.5, 0.6) is 0 Å².